The van der Waals surface area contributed by atoms with Crippen LogP contribution in [0.25, 0.3) is 22.3 Å². The molecular weight excluding hydrogens is 311 g/mol. The van der Waals surface area contributed by atoms with Crippen molar-refractivity contribution in [3.8, 4) is 22.3 Å². The second-order valence-electron chi connectivity index (χ2n) is 5.21. The molecule has 0 aliphatic rings. The van der Waals surface area contributed by atoms with Crippen LogP contribution in [-0.4, -0.2) is 0 Å². The van der Waals surface area contributed by atoms with Crippen LogP contribution in [0.2, 0.25) is 0 Å². The summed E-state index contributed by atoms with van der Waals surface area (Å²) >= 11 is 11.7. The van der Waals surface area contributed by atoms with E-state index in [-0.39, 0.29) is 0 Å². The number of benzene rings is 3. The molecule has 0 aliphatic carbocycles. The van der Waals surface area contributed by atoms with Gasteiger partial charge in [0.1, 0.15) is 0 Å². The van der Waals surface area contributed by atoms with Gasteiger partial charge < -0.3 is 0 Å². The van der Waals surface area contributed by atoms with E-state index in [0.29, 0.717) is 11.8 Å². The molecule has 22 heavy (non-hydrogen) atoms. The van der Waals surface area contributed by atoms with Crippen molar-refractivity contribution in [2.75, 3.05) is 0 Å². The Balaban J connectivity index is 2.04. The van der Waals surface area contributed by atoms with Crippen LogP contribution in [0.1, 0.15) is 11.1 Å². The van der Waals surface area contributed by atoms with Crippen molar-refractivity contribution >= 4 is 23.2 Å². The van der Waals surface area contributed by atoms with Crippen LogP contribution in [0.3, 0.4) is 0 Å². The van der Waals surface area contributed by atoms with E-state index in [1.165, 1.54) is 22.3 Å². The minimum Gasteiger partial charge on any atom is -0.122 e. The predicted octanol–water partition coefficient (Wildman–Crippen LogP) is 6.50. The normalized spacial score (nSPS) is 10.6. The predicted molar refractivity (Wildman–Crippen MR) is 96.4 cm³/mol. The molecule has 3 rings (SSSR count). The molecule has 110 valence electrons. The highest BCUT2D eigenvalue weighted by Crippen LogP contribution is 2.32. The molecule has 3 aromatic carbocycles. The van der Waals surface area contributed by atoms with Gasteiger partial charge in [0, 0.05) is 11.8 Å². The van der Waals surface area contributed by atoms with Gasteiger partial charge in [-0.05, 0) is 33.4 Å². The minimum absolute atomic E-state index is 0.543. The monoisotopic (exact) mass is 326 g/mol. The Labute approximate surface area is 141 Å². The zero-order valence-electron chi connectivity index (χ0n) is 12.1. The van der Waals surface area contributed by atoms with E-state index >= 15 is 0 Å². The fraction of sp³-hybridized carbons (Fsp3) is 0.100. The summed E-state index contributed by atoms with van der Waals surface area (Å²) in [6, 6.07) is 25.3. The highest BCUT2D eigenvalue weighted by molar-refractivity contribution is 6.17. The zero-order valence-corrected chi connectivity index (χ0v) is 13.6. The summed E-state index contributed by atoms with van der Waals surface area (Å²) in [6.45, 7) is 0. The third kappa shape index (κ3) is 3.19. The zero-order chi connectivity index (χ0) is 15.4. The quantitative estimate of drug-likeness (QED) is 0.480. The fourth-order valence-corrected chi connectivity index (χ4v) is 2.89. The Morgan fingerprint density at radius 3 is 1.18 bits per heavy atom. The molecule has 0 atom stereocenters. The molecule has 0 nitrogen and oxygen atoms in total. The van der Waals surface area contributed by atoms with Crippen LogP contribution >= 0.6 is 23.2 Å². The molecular formula is C20H16Cl2. The molecule has 0 aromatic heterocycles. The molecule has 0 unspecified atom stereocenters. The molecule has 0 saturated carbocycles. The Kier molecular flexibility index (Phi) is 4.82. The van der Waals surface area contributed by atoms with Gasteiger partial charge in [0.25, 0.3) is 0 Å². The van der Waals surface area contributed by atoms with Crippen molar-refractivity contribution in [2.45, 2.75) is 11.8 Å². The third-order valence-corrected chi connectivity index (χ3v) is 4.38. The van der Waals surface area contributed by atoms with Crippen molar-refractivity contribution in [3.63, 3.8) is 0 Å². The average Bonchev–Trinajstić information content (AvgIpc) is 2.62. The molecule has 0 N–H and O–H groups in total. The first kappa shape index (κ1) is 15.1. The summed E-state index contributed by atoms with van der Waals surface area (Å²) < 4.78 is 0. The smallest absolute Gasteiger partial charge is 0.0474 e. The molecule has 3 aromatic rings. The first-order chi connectivity index (χ1) is 10.8. The molecule has 0 amide bonds. The lowest BCUT2D eigenvalue weighted by atomic mass is 9.94. The van der Waals surface area contributed by atoms with Gasteiger partial charge in [-0.25, -0.2) is 0 Å². The first-order valence-electron chi connectivity index (χ1n) is 7.21. The largest absolute Gasteiger partial charge is 0.122 e. The lowest BCUT2D eigenvalue weighted by Gasteiger charge is -2.11. The van der Waals surface area contributed by atoms with Gasteiger partial charge in [0.2, 0.25) is 0 Å². The topological polar surface area (TPSA) is 0 Å². The van der Waals surface area contributed by atoms with Crippen LogP contribution in [0.5, 0.6) is 0 Å². The van der Waals surface area contributed by atoms with Gasteiger partial charge in [-0.2, -0.15) is 0 Å². The fourth-order valence-electron chi connectivity index (χ4n) is 2.53. The lowest BCUT2D eigenvalue weighted by molar-refractivity contribution is 1.40. The van der Waals surface area contributed by atoms with Gasteiger partial charge >= 0.3 is 0 Å². The summed E-state index contributed by atoms with van der Waals surface area (Å²) in [5.74, 6) is 1.09. The van der Waals surface area contributed by atoms with Gasteiger partial charge in [-0.3, -0.25) is 0 Å². The summed E-state index contributed by atoms with van der Waals surface area (Å²) in [5, 5.41) is 0. The molecule has 0 bridgehead atoms. The maximum absolute atomic E-state index is 5.87. The first-order valence-corrected chi connectivity index (χ1v) is 8.28. The third-order valence-electron chi connectivity index (χ3n) is 3.77. The highest BCUT2D eigenvalue weighted by atomic mass is 35.5. The SMILES string of the molecule is ClCc1ccc(-c2ccccc2-c2ccc(CCl)cc2)cc1. The lowest BCUT2D eigenvalue weighted by Crippen LogP contribution is -1.86. The maximum Gasteiger partial charge on any atom is 0.0474 e. The molecule has 0 aliphatic heterocycles. The Morgan fingerprint density at radius 2 is 0.864 bits per heavy atom. The standard InChI is InChI=1S/C20H16Cl2/c21-13-15-5-9-17(10-6-15)19-3-1-2-4-20(19)18-11-7-16(14-22)8-12-18/h1-12H,13-14H2. The van der Waals surface area contributed by atoms with Crippen LogP contribution in [-0.2, 0) is 11.8 Å². The summed E-state index contributed by atoms with van der Waals surface area (Å²) in [6.07, 6.45) is 0. The van der Waals surface area contributed by atoms with E-state index in [0.717, 1.165) is 11.1 Å². The molecule has 0 saturated heterocycles. The van der Waals surface area contributed by atoms with Crippen molar-refractivity contribution in [2.24, 2.45) is 0 Å². The van der Waals surface area contributed by atoms with Crippen LogP contribution in [0.4, 0.5) is 0 Å². The van der Waals surface area contributed by atoms with E-state index < -0.39 is 0 Å². The number of alkyl halides is 2. The summed E-state index contributed by atoms with van der Waals surface area (Å²) in [7, 11) is 0. The van der Waals surface area contributed by atoms with Crippen LogP contribution in [0, 0.1) is 0 Å². The van der Waals surface area contributed by atoms with E-state index in [9.17, 15) is 0 Å². The van der Waals surface area contributed by atoms with E-state index in [1.54, 1.807) is 0 Å². The second-order valence-corrected chi connectivity index (χ2v) is 5.74. The Bertz CT molecular complexity index is 677. The summed E-state index contributed by atoms with van der Waals surface area (Å²) in [5.41, 5.74) is 7.12. The molecule has 2 heteroatoms. The molecule has 0 heterocycles. The van der Waals surface area contributed by atoms with Crippen molar-refractivity contribution in [3.05, 3.63) is 83.9 Å². The Morgan fingerprint density at radius 1 is 0.500 bits per heavy atom. The van der Waals surface area contributed by atoms with Crippen molar-refractivity contribution in [1.82, 2.24) is 0 Å². The molecule has 0 radical (unpaired) electrons. The van der Waals surface area contributed by atoms with Crippen molar-refractivity contribution < 1.29 is 0 Å². The Hall–Kier alpha value is -1.76. The number of halogens is 2. The van der Waals surface area contributed by atoms with Gasteiger partial charge in [-0.15, -0.1) is 23.2 Å². The molecule has 0 spiro atoms. The van der Waals surface area contributed by atoms with E-state index in [4.69, 9.17) is 23.2 Å². The van der Waals surface area contributed by atoms with Crippen molar-refractivity contribution in [1.29, 1.82) is 0 Å². The minimum atomic E-state index is 0.543. The average molecular weight is 327 g/mol. The maximum atomic E-state index is 5.87. The van der Waals surface area contributed by atoms with Crippen LogP contribution < -0.4 is 0 Å². The van der Waals surface area contributed by atoms with Gasteiger partial charge in [0.05, 0.1) is 0 Å². The highest BCUT2D eigenvalue weighted by Gasteiger charge is 2.07. The number of hydrogen-bond donors (Lipinski definition) is 0. The van der Waals surface area contributed by atoms with E-state index in [2.05, 4.69) is 72.8 Å². The summed E-state index contributed by atoms with van der Waals surface area (Å²) in [4.78, 5) is 0. The van der Waals surface area contributed by atoms with E-state index in [1.807, 2.05) is 0 Å². The molecule has 0 fully saturated rings. The van der Waals surface area contributed by atoms with Gasteiger partial charge in [-0.1, -0.05) is 72.8 Å². The van der Waals surface area contributed by atoms with Crippen LogP contribution in [0.15, 0.2) is 72.8 Å². The number of hydrogen-bond acceptors (Lipinski definition) is 0. The number of rotatable bonds is 4. The second kappa shape index (κ2) is 7.00. The van der Waals surface area contributed by atoms with Gasteiger partial charge in [0.15, 0.2) is 0 Å².